The Hall–Kier alpha value is -3.61. The molecule has 172 valence electrons. The third kappa shape index (κ3) is 6.22. The van der Waals surface area contributed by atoms with Crippen molar-refractivity contribution in [3.8, 4) is 5.75 Å². The summed E-state index contributed by atoms with van der Waals surface area (Å²) in [5, 5.41) is 10.5. The molecule has 1 saturated heterocycles. The van der Waals surface area contributed by atoms with Gasteiger partial charge in [-0.05, 0) is 42.5 Å². The highest BCUT2D eigenvalue weighted by Gasteiger charge is 2.37. The molecule has 3 aromatic rings. The van der Waals surface area contributed by atoms with Crippen molar-refractivity contribution < 1.29 is 14.3 Å². The molecule has 2 heterocycles. The van der Waals surface area contributed by atoms with E-state index in [1.807, 2.05) is 53.3 Å². The summed E-state index contributed by atoms with van der Waals surface area (Å²) in [6.07, 6.45) is 6.57. The van der Waals surface area contributed by atoms with Gasteiger partial charge in [0.15, 0.2) is 0 Å². The zero-order valence-electron chi connectivity index (χ0n) is 18.9. The van der Waals surface area contributed by atoms with Gasteiger partial charge in [-0.15, -0.1) is 0 Å². The monoisotopic (exact) mass is 446 g/mol. The summed E-state index contributed by atoms with van der Waals surface area (Å²) >= 11 is 0. The number of nitrogens with zero attached hydrogens (tertiary/aromatic N) is 2. The Morgan fingerprint density at radius 1 is 1.15 bits per heavy atom. The van der Waals surface area contributed by atoms with Crippen LogP contribution in [-0.2, 0) is 29.1 Å². The van der Waals surface area contributed by atoms with Crippen LogP contribution in [0, 0.1) is 0 Å². The van der Waals surface area contributed by atoms with Gasteiger partial charge in [-0.1, -0.05) is 42.5 Å². The van der Waals surface area contributed by atoms with Crippen LogP contribution in [0.4, 0.5) is 0 Å². The molecular formula is C26H30N4O3. The lowest BCUT2D eigenvalue weighted by Gasteiger charge is -2.29. The number of methoxy groups -OCH3 is 1. The van der Waals surface area contributed by atoms with Crippen molar-refractivity contribution >= 4 is 11.8 Å². The molecule has 1 aliphatic rings. The van der Waals surface area contributed by atoms with Gasteiger partial charge in [-0.3, -0.25) is 14.3 Å². The average molecular weight is 447 g/mol. The normalized spacial score (nSPS) is 17.5. The fourth-order valence-electron chi connectivity index (χ4n) is 4.35. The van der Waals surface area contributed by atoms with E-state index >= 15 is 0 Å². The first kappa shape index (κ1) is 22.6. The van der Waals surface area contributed by atoms with E-state index in [1.165, 1.54) is 5.56 Å². The first-order valence-corrected chi connectivity index (χ1v) is 11.3. The highest BCUT2D eigenvalue weighted by molar-refractivity contribution is 5.80. The van der Waals surface area contributed by atoms with E-state index in [0.717, 1.165) is 23.3 Å². The summed E-state index contributed by atoms with van der Waals surface area (Å²) in [5.74, 6) is 0.804. The number of hydrogen-bond donors (Lipinski definition) is 2. The van der Waals surface area contributed by atoms with Crippen LogP contribution in [0.5, 0.6) is 5.75 Å². The van der Waals surface area contributed by atoms with Gasteiger partial charge in [-0.25, -0.2) is 0 Å². The number of rotatable bonds is 10. The summed E-state index contributed by atoms with van der Waals surface area (Å²) in [6, 6.07) is 18.0. The van der Waals surface area contributed by atoms with Crippen molar-refractivity contribution in [1.29, 1.82) is 0 Å². The Bertz CT molecular complexity index is 1100. The van der Waals surface area contributed by atoms with Crippen LogP contribution in [0.25, 0.3) is 0 Å². The van der Waals surface area contributed by atoms with Crippen LogP contribution >= 0.6 is 0 Å². The van der Waals surface area contributed by atoms with Crippen LogP contribution < -0.4 is 15.4 Å². The molecule has 1 fully saturated rings. The van der Waals surface area contributed by atoms with Crippen LogP contribution in [0.2, 0.25) is 0 Å². The molecule has 1 unspecified atom stereocenters. The Morgan fingerprint density at radius 2 is 1.97 bits per heavy atom. The Balaban J connectivity index is 1.29. The molecule has 0 radical (unpaired) electrons. The molecule has 0 aliphatic carbocycles. The van der Waals surface area contributed by atoms with Crippen molar-refractivity contribution in [2.75, 3.05) is 7.11 Å². The maximum Gasteiger partial charge on any atom is 0.220 e. The lowest BCUT2D eigenvalue weighted by Crippen LogP contribution is -2.44. The molecule has 4 rings (SSSR count). The number of carbonyl (C=O) groups excluding carboxylic acids is 2. The van der Waals surface area contributed by atoms with E-state index in [2.05, 4.69) is 27.9 Å². The fourth-order valence-corrected chi connectivity index (χ4v) is 4.35. The van der Waals surface area contributed by atoms with E-state index in [0.29, 0.717) is 38.8 Å². The molecular weight excluding hydrogens is 416 g/mol. The van der Waals surface area contributed by atoms with Gasteiger partial charge < -0.3 is 15.4 Å². The maximum absolute atomic E-state index is 12.6. The van der Waals surface area contributed by atoms with Gasteiger partial charge in [0.05, 0.1) is 19.9 Å². The van der Waals surface area contributed by atoms with Gasteiger partial charge in [0.1, 0.15) is 5.75 Å². The van der Waals surface area contributed by atoms with Crippen LogP contribution in [0.1, 0.15) is 42.4 Å². The summed E-state index contributed by atoms with van der Waals surface area (Å²) in [7, 11) is 1.64. The molecule has 1 aromatic heterocycles. The van der Waals surface area contributed by atoms with Crippen LogP contribution in [0.3, 0.4) is 0 Å². The Labute approximate surface area is 194 Å². The largest absolute Gasteiger partial charge is 0.497 e. The molecule has 2 amide bonds. The Kier molecular flexibility index (Phi) is 7.07. The molecule has 2 aromatic carbocycles. The number of ether oxygens (including phenoxy) is 1. The predicted molar refractivity (Wildman–Crippen MR) is 126 cm³/mol. The minimum Gasteiger partial charge on any atom is -0.497 e. The first-order valence-electron chi connectivity index (χ1n) is 11.3. The van der Waals surface area contributed by atoms with Gasteiger partial charge in [0.2, 0.25) is 11.8 Å². The maximum atomic E-state index is 12.6. The summed E-state index contributed by atoms with van der Waals surface area (Å²) in [4.78, 5) is 24.6. The molecule has 7 heteroatoms. The summed E-state index contributed by atoms with van der Waals surface area (Å²) < 4.78 is 7.19. The van der Waals surface area contributed by atoms with Gasteiger partial charge in [-0.2, -0.15) is 5.10 Å². The quantitative estimate of drug-likeness (QED) is 0.501. The number of hydrogen-bond acceptors (Lipinski definition) is 4. The number of aromatic nitrogens is 2. The average Bonchev–Trinajstić information content (AvgIpc) is 3.43. The van der Waals surface area contributed by atoms with E-state index in [1.54, 1.807) is 13.3 Å². The minimum absolute atomic E-state index is 0.0306. The Morgan fingerprint density at radius 3 is 2.73 bits per heavy atom. The molecule has 0 bridgehead atoms. The summed E-state index contributed by atoms with van der Waals surface area (Å²) in [5.41, 5.74) is 2.82. The lowest BCUT2D eigenvalue weighted by molar-refractivity contribution is -0.122. The van der Waals surface area contributed by atoms with E-state index in [-0.39, 0.29) is 11.8 Å². The third-order valence-electron chi connectivity index (χ3n) is 6.11. The number of benzene rings is 2. The standard InChI is InChI=1S/C26H30N4O3/c1-33-23-9-5-8-21(14-23)15-26(13-11-25(32)29-26)12-10-24(31)27-16-22-17-28-30(19-22)18-20-6-3-2-4-7-20/h2-9,14,17,19H,10-13,15-16,18H2,1H3,(H,27,31)(H,29,32). The smallest absolute Gasteiger partial charge is 0.220 e. The highest BCUT2D eigenvalue weighted by atomic mass is 16.5. The molecule has 0 saturated carbocycles. The molecule has 33 heavy (non-hydrogen) atoms. The predicted octanol–water partition coefficient (Wildman–Crippen LogP) is 3.23. The summed E-state index contributed by atoms with van der Waals surface area (Å²) in [6.45, 7) is 1.13. The highest BCUT2D eigenvalue weighted by Crippen LogP contribution is 2.30. The second-order valence-corrected chi connectivity index (χ2v) is 8.67. The topological polar surface area (TPSA) is 85.2 Å². The fraction of sp³-hybridized carbons (Fsp3) is 0.346. The van der Waals surface area contributed by atoms with Gasteiger partial charge >= 0.3 is 0 Å². The van der Waals surface area contributed by atoms with Crippen molar-refractivity contribution in [3.05, 3.63) is 83.7 Å². The second-order valence-electron chi connectivity index (χ2n) is 8.67. The van der Waals surface area contributed by atoms with Crippen molar-refractivity contribution in [2.45, 2.75) is 50.7 Å². The molecule has 0 spiro atoms. The van der Waals surface area contributed by atoms with Crippen LogP contribution in [0.15, 0.2) is 67.0 Å². The van der Waals surface area contributed by atoms with Gasteiger partial charge in [0, 0.05) is 36.7 Å². The SMILES string of the molecule is COc1cccc(CC2(CCC(=O)NCc3cnn(Cc4ccccc4)c3)CCC(=O)N2)c1. The minimum atomic E-state index is -0.401. The van der Waals surface area contributed by atoms with E-state index in [4.69, 9.17) is 4.74 Å². The van der Waals surface area contributed by atoms with Crippen molar-refractivity contribution in [1.82, 2.24) is 20.4 Å². The third-order valence-corrected chi connectivity index (χ3v) is 6.11. The molecule has 2 N–H and O–H groups in total. The van der Waals surface area contributed by atoms with E-state index < -0.39 is 5.54 Å². The van der Waals surface area contributed by atoms with Gasteiger partial charge in [0.25, 0.3) is 0 Å². The molecule has 1 aliphatic heterocycles. The lowest BCUT2D eigenvalue weighted by atomic mass is 9.85. The van der Waals surface area contributed by atoms with Crippen molar-refractivity contribution in [2.24, 2.45) is 0 Å². The molecule has 7 nitrogen and oxygen atoms in total. The number of nitrogens with one attached hydrogen (secondary N) is 2. The second kappa shape index (κ2) is 10.3. The number of carbonyl (C=O) groups is 2. The number of amides is 2. The van der Waals surface area contributed by atoms with Crippen molar-refractivity contribution in [3.63, 3.8) is 0 Å². The first-order chi connectivity index (χ1) is 16.0. The zero-order chi connectivity index (χ0) is 23.1. The zero-order valence-corrected chi connectivity index (χ0v) is 18.9. The van der Waals surface area contributed by atoms with Crippen LogP contribution in [-0.4, -0.2) is 34.2 Å². The molecule has 1 atom stereocenters. The van der Waals surface area contributed by atoms with E-state index in [9.17, 15) is 9.59 Å².